The quantitative estimate of drug-likeness (QED) is 0.209. The number of hydrogen-bond acceptors (Lipinski definition) is 4. The molecule has 184 valence electrons. The van der Waals surface area contributed by atoms with Gasteiger partial charge in [0.25, 0.3) is 5.91 Å². The van der Waals surface area contributed by atoms with Gasteiger partial charge in [-0.2, -0.15) is 0 Å². The Kier molecular flexibility index (Phi) is 6.20. The summed E-state index contributed by atoms with van der Waals surface area (Å²) >= 11 is 0. The predicted molar refractivity (Wildman–Crippen MR) is 141 cm³/mol. The fourth-order valence-corrected chi connectivity index (χ4v) is 5.12. The van der Waals surface area contributed by atoms with E-state index in [9.17, 15) is 14.7 Å². The lowest BCUT2D eigenvalue weighted by Gasteiger charge is -2.27. The number of aromatic nitrogens is 1. The van der Waals surface area contributed by atoms with Crippen molar-refractivity contribution in [1.29, 1.82) is 5.41 Å². The molecule has 1 saturated carbocycles. The van der Waals surface area contributed by atoms with Crippen LogP contribution in [-0.2, 0) is 6.54 Å². The summed E-state index contributed by atoms with van der Waals surface area (Å²) in [6, 6.07) is 18.4. The van der Waals surface area contributed by atoms with Gasteiger partial charge < -0.3 is 26.5 Å². The van der Waals surface area contributed by atoms with Crippen molar-refractivity contribution in [2.24, 2.45) is 11.5 Å². The third-order valence-corrected chi connectivity index (χ3v) is 7.08. The summed E-state index contributed by atoms with van der Waals surface area (Å²) in [4.78, 5) is 25.3. The van der Waals surface area contributed by atoms with E-state index < -0.39 is 5.97 Å². The summed E-state index contributed by atoms with van der Waals surface area (Å²) in [6.07, 6.45) is 3.44. The highest BCUT2D eigenvalue weighted by molar-refractivity contribution is 6.03. The molecule has 0 unspecified atom stereocenters. The predicted octanol–water partition coefficient (Wildman–Crippen LogP) is 3.82. The molecule has 1 amide bonds. The van der Waals surface area contributed by atoms with Crippen LogP contribution in [0.15, 0.2) is 60.7 Å². The number of amides is 1. The van der Waals surface area contributed by atoms with Gasteiger partial charge in [0.2, 0.25) is 0 Å². The molecule has 4 aromatic rings. The Bertz CT molecular complexity index is 1500. The molecule has 1 aromatic heterocycles. The van der Waals surface area contributed by atoms with Gasteiger partial charge >= 0.3 is 5.97 Å². The zero-order valence-corrected chi connectivity index (χ0v) is 19.8. The Morgan fingerprint density at radius 3 is 2.44 bits per heavy atom. The Balaban J connectivity index is 1.62. The largest absolute Gasteiger partial charge is 0.478 e. The minimum atomic E-state index is -1.01. The number of nitrogens with two attached hydrogens (primary N) is 2. The van der Waals surface area contributed by atoms with E-state index in [0.717, 1.165) is 52.9 Å². The number of hydrogen-bond donors (Lipinski definition) is 5. The van der Waals surface area contributed by atoms with Crippen LogP contribution in [0.1, 0.15) is 57.7 Å². The molecule has 0 saturated heterocycles. The maximum absolute atomic E-state index is 13.5. The maximum Gasteiger partial charge on any atom is 0.335 e. The van der Waals surface area contributed by atoms with Crippen LogP contribution in [0, 0.1) is 5.41 Å². The normalized spacial score (nSPS) is 17.8. The Hall–Kier alpha value is -4.17. The Labute approximate surface area is 208 Å². The number of aromatic carboxylic acids is 1. The maximum atomic E-state index is 13.5. The highest BCUT2D eigenvalue weighted by Crippen LogP contribution is 2.28. The van der Waals surface area contributed by atoms with Gasteiger partial charge in [0.05, 0.1) is 5.56 Å². The van der Waals surface area contributed by atoms with Crippen LogP contribution < -0.4 is 16.8 Å². The first-order valence-electron chi connectivity index (χ1n) is 12.1. The van der Waals surface area contributed by atoms with E-state index in [1.54, 1.807) is 24.3 Å². The second-order valence-corrected chi connectivity index (χ2v) is 9.55. The van der Waals surface area contributed by atoms with Gasteiger partial charge in [0.15, 0.2) is 0 Å². The van der Waals surface area contributed by atoms with Crippen molar-refractivity contribution in [3.05, 3.63) is 83.0 Å². The summed E-state index contributed by atoms with van der Waals surface area (Å²) in [5, 5.41) is 23.3. The number of rotatable bonds is 6. The summed E-state index contributed by atoms with van der Waals surface area (Å²) < 4.78 is 1.89. The van der Waals surface area contributed by atoms with Crippen molar-refractivity contribution < 1.29 is 14.7 Å². The number of nitrogens with zero attached hydrogens (tertiary/aromatic N) is 1. The fourth-order valence-electron chi connectivity index (χ4n) is 5.12. The van der Waals surface area contributed by atoms with Gasteiger partial charge in [-0.1, -0.05) is 36.4 Å². The van der Waals surface area contributed by atoms with Crippen LogP contribution in [0.4, 0.5) is 0 Å². The average Bonchev–Trinajstić information content (AvgIpc) is 3.23. The van der Waals surface area contributed by atoms with E-state index in [2.05, 4.69) is 5.32 Å². The van der Waals surface area contributed by atoms with Crippen LogP contribution in [0.5, 0.6) is 0 Å². The van der Waals surface area contributed by atoms with Crippen molar-refractivity contribution in [2.45, 2.75) is 44.3 Å². The molecule has 0 atom stereocenters. The van der Waals surface area contributed by atoms with Crippen molar-refractivity contribution in [3.63, 3.8) is 0 Å². The lowest BCUT2D eigenvalue weighted by molar-refractivity contribution is 0.0696. The molecule has 1 aliphatic rings. The number of carbonyl (C=O) groups is 2. The van der Waals surface area contributed by atoms with E-state index >= 15 is 0 Å². The van der Waals surface area contributed by atoms with E-state index in [1.165, 1.54) is 0 Å². The zero-order chi connectivity index (χ0) is 25.4. The highest BCUT2D eigenvalue weighted by Gasteiger charge is 2.24. The Morgan fingerprint density at radius 1 is 0.972 bits per heavy atom. The smallest absolute Gasteiger partial charge is 0.335 e. The first kappa shape index (κ1) is 23.6. The van der Waals surface area contributed by atoms with Crippen LogP contribution in [0.2, 0.25) is 0 Å². The van der Waals surface area contributed by atoms with Gasteiger partial charge in [-0.05, 0) is 66.3 Å². The molecule has 5 rings (SSSR count). The number of amidine groups is 1. The van der Waals surface area contributed by atoms with Gasteiger partial charge in [-0.15, -0.1) is 0 Å². The lowest BCUT2D eigenvalue weighted by Crippen LogP contribution is -2.41. The number of carbonyl (C=O) groups excluding carboxylic acids is 1. The molecule has 0 aliphatic heterocycles. The van der Waals surface area contributed by atoms with Gasteiger partial charge in [-0.25, -0.2) is 4.79 Å². The molecule has 0 radical (unpaired) electrons. The lowest BCUT2D eigenvalue weighted by atomic mass is 9.92. The SMILES string of the molecule is N=C(N)c1ccc2cc(C(=O)NC3CCC(N)CC3)n(Cc3cc(C(=O)O)cc4ccccc34)c2c1. The van der Waals surface area contributed by atoms with Gasteiger partial charge in [0.1, 0.15) is 11.5 Å². The summed E-state index contributed by atoms with van der Waals surface area (Å²) in [5.74, 6) is -1.26. The van der Waals surface area contributed by atoms with E-state index in [4.69, 9.17) is 16.9 Å². The summed E-state index contributed by atoms with van der Waals surface area (Å²) in [5.41, 5.74) is 14.5. The van der Waals surface area contributed by atoms with Crippen LogP contribution >= 0.6 is 0 Å². The van der Waals surface area contributed by atoms with Crippen molar-refractivity contribution >= 4 is 39.4 Å². The van der Waals surface area contributed by atoms with Crippen LogP contribution in [0.3, 0.4) is 0 Å². The van der Waals surface area contributed by atoms with Crippen LogP contribution in [-0.4, -0.2) is 39.5 Å². The van der Waals surface area contributed by atoms with Gasteiger partial charge in [-0.3, -0.25) is 10.2 Å². The second kappa shape index (κ2) is 9.47. The number of benzene rings is 3. The standard InChI is InChI=1S/C28H29N5O3/c29-21-7-9-22(10-8-21)32-27(34)25-13-17-5-6-18(26(30)31)14-24(17)33(25)15-20-12-19(28(35)36)11-16-3-1-2-4-23(16)20/h1-6,11-14,21-22H,7-10,15,29H2,(H3,30,31)(H,32,34)(H,35,36). The second-order valence-electron chi connectivity index (χ2n) is 9.55. The number of fused-ring (bicyclic) bond motifs is 2. The summed E-state index contributed by atoms with van der Waals surface area (Å²) in [7, 11) is 0. The minimum Gasteiger partial charge on any atom is -0.478 e. The molecule has 36 heavy (non-hydrogen) atoms. The van der Waals surface area contributed by atoms with Crippen molar-refractivity contribution in [3.8, 4) is 0 Å². The molecule has 0 spiro atoms. The van der Waals surface area contributed by atoms with Crippen molar-refractivity contribution in [1.82, 2.24) is 9.88 Å². The molecular weight excluding hydrogens is 454 g/mol. The molecular formula is C28H29N5O3. The minimum absolute atomic E-state index is 0.0625. The van der Waals surface area contributed by atoms with E-state index in [0.29, 0.717) is 11.3 Å². The number of nitrogens with one attached hydrogen (secondary N) is 2. The molecule has 8 nitrogen and oxygen atoms in total. The molecule has 3 aromatic carbocycles. The first-order chi connectivity index (χ1) is 17.3. The zero-order valence-electron chi connectivity index (χ0n) is 19.8. The highest BCUT2D eigenvalue weighted by atomic mass is 16.4. The number of carboxylic acid groups (broad SMARTS) is 1. The number of carboxylic acids is 1. The Morgan fingerprint density at radius 2 is 1.72 bits per heavy atom. The average molecular weight is 484 g/mol. The third-order valence-electron chi connectivity index (χ3n) is 7.08. The third kappa shape index (κ3) is 4.55. The molecule has 1 aliphatic carbocycles. The molecule has 1 heterocycles. The van der Waals surface area contributed by atoms with Gasteiger partial charge in [0, 0.05) is 35.1 Å². The first-order valence-corrected chi connectivity index (χ1v) is 12.1. The monoisotopic (exact) mass is 483 g/mol. The van der Waals surface area contributed by atoms with Crippen LogP contribution in [0.25, 0.3) is 21.7 Å². The topological polar surface area (TPSA) is 147 Å². The molecule has 8 heteroatoms. The molecule has 1 fully saturated rings. The van der Waals surface area contributed by atoms with Crippen molar-refractivity contribution in [2.75, 3.05) is 0 Å². The number of nitrogen functional groups attached to an aromatic ring is 1. The molecule has 0 bridgehead atoms. The van der Waals surface area contributed by atoms with E-state index in [1.807, 2.05) is 41.0 Å². The fraction of sp³-hybridized carbons (Fsp3) is 0.250. The van der Waals surface area contributed by atoms with E-state index in [-0.39, 0.29) is 35.9 Å². The molecule has 7 N–H and O–H groups in total. The summed E-state index contributed by atoms with van der Waals surface area (Å²) in [6.45, 7) is 0.283.